The highest BCUT2D eigenvalue weighted by Crippen LogP contribution is 2.43. The van der Waals surface area contributed by atoms with Gasteiger partial charge < -0.3 is 20.1 Å². The van der Waals surface area contributed by atoms with E-state index in [1.165, 1.54) is 6.42 Å². The summed E-state index contributed by atoms with van der Waals surface area (Å²) in [5.74, 6) is -0.367. The van der Waals surface area contributed by atoms with Crippen molar-refractivity contribution in [3.63, 3.8) is 0 Å². The number of ether oxygens (including phenoxy) is 2. The Morgan fingerprint density at radius 2 is 1.14 bits per heavy atom. The second-order valence-corrected chi connectivity index (χ2v) is 13.2. The Bertz CT molecular complexity index is 1020. The summed E-state index contributed by atoms with van der Waals surface area (Å²) in [4.78, 5) is 22.3. The lowest BCUT2D eigenvalue weighted by molar-refractivity contribution is -0.154. The Hall–Kier alpha value is -2.32. The highest BCUT2D eigenvalue weighted by Gasteiger charge is 2.25. The molecule has 0 aliphatic heterocycles. The van der Waals surface area contributed by atoms with Crippen molar-refractivity contribution < 1.29 is 32.8 Å². The van der Waals surface area contributed by atoms with Crippen LogP contribution in [0, 0.1) is 0 Å². The number of nitrogens with two attached hydrogens (primary N) is 1. The lowest BCUT2D eigenvalue weighted by Gasteiger charge is -2.20. The van der Waals surface area contributed by atoms with Gasteiger partial charge in [0.05, 0.1) is 19.8 Å². The quantitative estimate of drug-likeness (QED) is 0.0294. The molecule has 9 heteroatoms. The molecule has 0 heterocycles. The van der Waals surface area contributed by atoms with Crippen molar-refractivity contribution in [1.82, 2.24) is 0 Å². The Balaban J connectivity index is 4.22. The van der Waals surface area contributed by atoms with Gasteiger partial charge in [-0.25, -0.2) is 4.57 Å². The van der Waals surface area contributed by atoms with E-state index in [-0.39, 0.29) is 38.8 Å². The van der Waals surface area contributed by atoms with Crippen LogP contribution in [0.25, 0.3) is 0 Å². The second kappa shape index (κ2) is 36.9. The van der Waals surface area contributed by atoms with Crippen LogP contribution in [-0.2, 0) is 27.9 Å². The Kier molecular flexibility index (Phi) is 35.2. The highest BCUT2D eigenvalue weighted by atomic mass is 31.2. The largest absolute Gasteiger partial charge is 0.472 e. The van der Waals surface area contributed by atoms with E-state index in [2.05, 4.69) is 98.9 Å². The van der Waals surface area contributed by atoms with Crippen molar-refractivity contribution in [2.24, 2.45) is 5.73 Å². The van der Waals surface area contributed by atoms with Crippen molar-refractivity contribution in [3.8, 4) is 0 Å². The van der Waals surface area contributed by atoms with Crippen LogP contribution >= 0.6 is 7.82 Å². The standard InChI is InChI=1S/C40H68NO7P/c1-3-5-7-9-11-13-15-16-17-18-19-20-21-22-23-24-26-28-30-32-35-45-37-39(38-47-49(43,44)46-36-34-41)48-40(42)33-31-29-27-25-14-12-10-8-6-4-2/h5,7-8,10-11,13,16-17,19-20,22-23,26,28,39H,3-4,6,9,12,14-15,18,21,24-25,27,29-38,41H2,1-2H3,(H,43,44)/b7-5-,10-8-,13-11-,17-16-,20-19-,23-22-,28-26-. The molecule has 280 valence electrons. The number of carbonyl (C=O) groups excluding carboxylic acids is 1. The third-order valence-corrected chi connectivity index (χ3v) is 8.01. The molecule has 0 spiro atoms. The van der Waals surface area contributed by atoms with E-state index in [0.29, 0.717) is 6.61 Å². The van der Waals surface area contributed by atoms with Crippen LogP contribution in [0.15, 0.2) is 85.1 Å². The number of phosphoric acid groups is 1. The fourth-order valence-electron chi connectivity index (χ4n) is 4.37. The van der Waals surface area contributed by atoms with E-state index in [0.717, 1.165) is 96.3 Å². The molecule has 0 radical (unpaired) electrons. The normalized spacial score (nSPS) is 14.6. The van der Waals surface area contributed by atoms with E-state index in [4.69, 9.17) is 24.3 Å². The number of hydrogen-bond donors (Lipinski definition) is 2. The molecular weight excluding hydrogens is 637 g/mol. The van der Waals surface area contributed by atoms with Gasteiger partial charge in [0.25, 0.3) is 0 Å². The predicted octanol–water partition coefficient (Wildman–Crippen LogP) is 10.6. The second-order valence-electron chi connectivity index (χ2n) is 11.7. The Morgan fingerprint density at radius 3 is 1.73 bits per heavy atom. The summed E-state index contributed by atoms with van der Waals surface area (Å²) < 4.78 is 33.1. The molecule has 0 bridgehead atoms. The molecule has 0 aromatic rings. The fraction of sp³-hybridized carbons (Fsp3) is 0.625. The lowest BCUT2D eigenvalue weighted by atomic mass is 10.1. The zero-order valence-corrected chi connectivity index (χ0v) is 31.5. The maximum atomic E-state index is 12.5. The average molecular weight is 706 g/mol. The summed E-state index contributed by atoms with van der Waals surface area (Å²) in [7, 11) is -4.29. The molecule has 3 N–H and O–H groups in total. The van der Waals surface area contributed by atoms with E-state index >= 15 is 0 Å². The number of allylic oxidation sites excluding steroid dienone is 14. The molecule has 0 fully saturated rings. The fourth-order valence-corrected chi connectivity index (χ4v) is 5.13. The summed E-state index contributed by atoms with van der Waals surface area (Å²) in [5.41, 5.74) is 5.34. The molecule has 49 heavy (non-hydrogen) atoms. The molecule has 8 nitrogen and oxygen atoms in total. The van der Waals surface area contributed by atoms with Gasteiger partial charge in [0.1, 0.15) is 6.10 Å². The molecule has 0 rings (SSSR count). The van der Waals surface area contributed by atoms with Gasteiger partial charge in [-0.05, 0) is 77.0 Å². The third-order valence-electron chi connectivity index (χ3n) is 7.03. The maximum absolute atomic E-state index is 12.5. The van der Waals surface area contributed by atoms with E-state index in [1.807, 2.05) is 0 Å². The topological polar surface area (TPSA) is 117 Å². The molecule has 0 aromatic heterocycles. The molecule has 2 unspecified atom stereocenters. The predicted molar refractivity (Wildman–Crippen MR) is 205 cm³/mol. The molecular formula is C40H68NO7P. The first-order valence-corrected chi connectivity index (χ1v) is 20.1. The number of rotatable bonds is 34. The number of phosphoric ester groups is 1. The Labute approximate surface area is 298 Å². The first kappa shape index (κ1) is 46.7. The first-order chi connectivity index (χ1) is 23.9. The summed E-state index contributed by atoms with van der Waals surface area (Å²) in [6, 6.07) is 0. The Morgan fingerprint density at radius 1 is 0.633 bits per heavy atom. The highest BCUT2D eigenvalue weighted by molar-refractivity contribution is 7.47. The smallest absolute Gasteiger partial charge is 0.457 e. The molecule has 2 atom stereocenters. The molecule has 0 saturated carbocycles. The minimum atomic E-state index is -4.29. The third kappa shape index (κ3) is 36.8. The first-order valence-electron chi connectivity index (χ1n) is 18.6. The van der Waals surface area contributed by atoms with Crippen molar-refractivity contribution in [2.45, 2.75) is 129 Å². The zero-order chi connectivity index (χ0) is 35.9. The van der Waals surface area contributed by atoms with Crippen molar-refractivity contribution in [3.05, 3.63) is 85.1 Å². The zero-order valence-electron chi connectivity index (χ0n) is 30.6. The average Bonchev–Trinajstić information content (AvgIpc) is 3.09. The summed E-state index contributed by atoms with van der Waals surface area (Å²) in [5, 5.41) is 0. The van der Waals surface area contributed by atoms with Crippen LogP contribution in [-0.4, -0.2) is 49.9 Å². The van der Waals surface area contributed by atoms with Crippen molar-refractivity contribution in [2.75, 3.05) is 33.0 Å². The van der Waals surface area contributed by atoms with Crippen LogP contribution in [0.4, 0.5) is 0 Å². The van der Waals surface area contributed by atoms with Crippen molar-refractivity contribution >= 4 is 13.8 Å². The van der Waals surface area contributed by atoms with Crippen LogP contribution in [0.5, 0.6) is 0 Å². The minimum absolute atomic E-state index is 0.0674. The van der Waals surface area contributed by atoms with Gasteiger partial charge in [-0.1, -0.05) is 125 Å². The molecule has 0 aliphatic rings. The minimum Gasteiger partial charge on any atom is -0.457 e. The van der Waals surface area contributed by atoms with Gasteiger partial charge in [-0.2, -0.15) is 0 Å². The van der Waals surface area contributed by atoms with Crippen LogP contribution < -0.4 is 5.73 Å². The van der Waals surface area contributed by atoms with Crippen LogP contribution in [0.1, 0.15) is 123 Å². The molecule has 0 saturated heterocycles. The number of carbonyl (C=O) groups is 1. The lowest BCUT2D eigenvalue weighted by Crippen LogP contribution is -2.28. The SMILES string of the molecule is CC/C=C\C/C=C\C/C=C\C/C=C\C/C=C\C/C=C\CCCOCC(COP(=O)(O)OCCN)OC(=O)CCCCCCC/C=C\CCC. The molecule has 0 aromatic carbocycles. The number of hydrogen-bond acceptors (Lipinski definition) is 7. The van der Waals surface area contributed by atoms with Gasteiger partial charge >= 0.3 is 13.8 Å². The summed E-state index contributed by atoms with van der Waals surface area (Å²) >= 11 is 0. The van der Waals surface area contributed by atoms with Gasteiger partial charge in [0.15, 0.2) is 0 Å². The van der Waals surface area contributed by atoms with Crippen LogP contribution in [0.3, 0.4) is 0 Å². The monoisotopic (exact) mass is 705 g/mol. The molecule has 0 amide bonds. The molecule has 0 aliphatic carbocycles. The maximum Gasteiger partial charge on any atom is 0.472 e. The number of unbranched alkanes of at least 4 members (excludes halogenated alkanes) is 7. The summed E-state index contributed by atoms with van der Waals surface area (Å²) in [6.45, 7) is 4.53. The van der Waals surface area contributed by atoms with Gasteiger partial charge in [0, 0.05) is 19.6 Å². The van der Waals surface area contributed by atoms with E-state index in [9.17, 15) is 14.3 Å². The van der Waals surface area contributed by atoms with Crippen LogP contribution in [0.2, 0.25) is 0 Å². The van der Waals surface area contributed by atoms with Gasteiger partial charge in [0.2, 0.25) is 0 Å². The van der Waals surface area contributed by atoms with E-state index in [1.54, 1.807) is 0 Å². The summed E-state index contributed by atoms with van der Waals surface area (Å²) in [6.07, 6.45) is 46.2. The van der Waals surface area contributed by atoms with Crippen molar-refractivity contribution in [1.29, 1.82) is 0 Å². The van der Waals surface area contributed by atoms with Gasteiger partial charge in [-0.3, -0.25) is 13.8 Å². The van der Waals surface area contributed by atoms with E-state index < -0.39 is 13.9 Å². The number of esters is 1. The van der Waals surface area contributed by atoms with Gasteiger partial charge in [-0.15, -0.1) is 0 Å².